The van der Waals surface area contributed by atoms with Crippen LogP contribution in [0.1, 0.15) is 33.1 Å². The van der Waals surface area contributed by atoms with Crippen LogP contribution in [0.2, 0.25) is 0 Å². The van der Waals surface area contributed by atoms with Crippen LogP contribution in [-0.4, -0.2) is 17.0 Å². The molecule has 3 heteroatoms. The van der Waals surface area contributed by atoms with E-state index in [9.17, 15) is 5.11 Å². The molecule has 1 aliphatic rings. The third-order valence-electron chi connectivity index (χ3n) is 1.75. The van der Waals surface area contributed by atoms with E-state index in [1.165, 1.54) is 0 Å². The van der Waals surface area contributed by atoms with Crippen LogP contribution in [0.3, 0.4) is 0 Å². The first-order chi connectivity index (χ1) is 4.67. The van der Waals surface area contributed by atoms with Crippen LogP contribution >= 0.6 is 0 Å². The Bertz CT molecular complexity index is 111. The van der Waals surface area contributed by atoms with Crippen molar-refractivity contribution in [2.75, 3.05) is 0 Å². The number of hydrogen-bond donors (Lipinski definition) is 1. The number of rotatable bonds is 3. The topological polar surface area (TPSA) is 38.7 Å². The van der Waals surface area contributed by atoms with E-state index in [-0.39, 0.29) is 6.10 Å². The van der Waals surface area contributed by atoms with Gasteiger partial charge in [-0.3, -0.25) is 0 Å². The van der Waals surface area contributed by atoms with Crippen molar-refractivity contribution in [2.45, 2.75) is 45.0 Å². The van der Waals surface area contributed by atoms with Crippen molar-refractivity contribution < 1.29 is 14.9 Å². The third kappa shape index (κ3) is 1.48. The number of unbranched alkanes of at least 4 members (excludes halogenated alkanes) is 1. The smallest absolute Gasteiger partial charge is 0.226 e. The van der Waals surface area contributed by atoms with Gasteiger partial charge in [0, 0.05) is 0 Å². The lowest BCUT2D eigenvalue weighted by Crippen LogP contribution is -2.53. The van der Waals surface area contributed by atoms with E-state index in [0.717, 1.165) is 19.3 Å². The van der Waals surface area contributed by atoms with E-state index in [1.54, 1.807) is 6.92 Å². The zero-order valence-electron chi connectivity index (χ0n) is 6.46. The second-order valence-corrected chi connectivity index (χ2v) is 2.87. The van der Waals surface area contributed by atoms with Crippen LogP contribution in [-0.2, 0) is 9.78 Å². The van der Waals surface area contributed by atoms with Gasteiger partial charge in [-0.1, -0.05) is 19.8 Å². The Morgan fingerprint density at radius 3 is 2.60 bits per heavy atom. The molecule has 1 fully saturated rings. The predicted octanol–water partition coefficient (Wildman–Crippen LogP) is 1.22. The summed E-state index contributed by atoms with van der Waals surface area (Å²) < 4.78 is 0. The van der Waals surface area contributed by atoms with Crippen LogP contribution in [0.15, 0.2) is 0 Å². The lowest BCUT2D eigenvalue weighted by atomic mass is 10.0. The minimum absolute atomic E-state index is 0.118. The summed E-state index contributed by atoms with van der Waals surface area (Å²) in [7, 11) is 0. The Balaban J connectivity index is 2.17. The van der Waals surface area contributed by atoms with Crippen molar-refractivity contribution in [2.24, 2.45) is 0 Å². The van der Waals surface area contributed by atoms with Crippen molar-refractivity contribution in [1.29, 1.82) is 0 Å². The molecule has 2 atom stereocenters. The molecule has 1 heterocycles. The molecule has 60 valence electrons. The van der Waals surface area contributed by atoms with Crippen molar-refractivity contribution in [3.63, 3.8) is 0 Å². The molecule has 10 heavy (non-hydrogen) atoms. The van der Waals surface area contributed by atoms with Crippen molar-refractivity contribution in [1.82, 2.24) is 0 Å². The van der Waals surface area contributed by atoms with Crippen LogP contribution in [0.5, 0.6) is 0 Å². The van der Waals surface area contributed by atoms with Gasteiger partial charge in [0.2, 0.25) is 5.79 Å². The zero-order chi connectivity index (χ0) is 7.61. The van der Waals surface area contributed by atoms with Gasteiger partial charge in [-0.15, -0.1) is 0 Å². The van der Waals surface area contributed by atoms with Gasteiger partial charge in [0.05, 0.1) is 0 Å². The highest BCUT2D eigenvalue weighted by Gasteiger charge is 2.45. The molecular weight excluding hydrogens is 132 g/mol. The highest BCUT2D eigenvalue weighted by Crippen LogP contribution is 2.30. The van der Waals surface area contributed by atoms with Crippen LogP contribution < -0.4 is 0 Å². The normalized spacial score (nSPS) is 39.3. The van der Waals surface area contributed by atoms with Gasteiger partial charge in [0.1, 0.15) is 6.10 Å². The maximum Gasteiger partial charge on any atom is 0.226 e. The summed E-state index contributed by atoms with van der Waals surface area (Å²) in [6, 6.07) is 0. The van der Waals surface area contributed by atoms with Gasteiger partial charge in [-0.05, 0) is 13.3 Å². The van der Waals surface area contributed by atoms with Gasteiger partial charge < -0.3 is 5.11 Å². The summed E-state index contributed by atoms with van der Waals surface area (Å²) in [6.07, 6.45) is 2.95. The van der Waals surface area contributed by atoms with Gasteiger partial charge in [0.25, 0.3) is 0 Å². The van der Waals surface area contributed by atoms with Gasteiger partial charge in [-0.2, -0.15) is 4.89 Å². The molecule has 0 bridgehead atoms. The largest absolute Gasteiger partial charge is 0.361 e. The average molecular weight is 146 g/mol. The van der Waals surface area contributed by atoms with E-state index in [4.69, 9.17) is 4.89 Å². The van der Waals surface area contributed by atoms with Crippen LogP contribution in [0.25, 0.3) is 0 Å². The van der Waals surface area contributed by atoms with Crippen molar-refractivity contribution in [3.8, 4) is 0 Å². The van der Waals surface area contributed by atoms with E-state index < -0.39 is 5.79 Å². The number of aliphatic hydroxyl groups is 1. The Morgan fingerprint density at radius 1 is 1.60 bits per heavy atom. The van der Waals surface area contributed by atoms with Crippen LogP contribution in [0.4, 0.5) is 0 Å². The molecular formula is C7H14O3. The molecule has 0 aromatic carbocycles. The van der Waals surface area contributed by atoms with E-state index in [1.807, 2.05) is 0 Å². The molecule has 0 aromatic heterocycles. The van der Waals surface area contributed by atoms with E-state index >= 15 is 0 Å². The van der Waals surface area contributed by atoms with Gasteiger partial charge >= 0.3 is 0 Å². The van der Waals surface area contributed by atoms with Gasteiger partial charge in [-0.25, -0.2) is 4.89 Å². The van der Waals surface area contributed by atoms with Crippen LogP contribution in [0, 0.1) is 0 Å². The summed E-state index contributed by atoms with van der Waals surface area (Å²) in [6.45, 7) is 3.73. The van der Waals surface area contributed by atoms with Crippen molar-refractivity contribution >= 4 is 0 Å². The third-order valence-corrected chi connectivity index (χ3v) is 1.75. The average Bonchev–Trinajstić information content (AvgIpc) is 1.87. The maximum absolute atomic E-state index is 9.25. The maximum atomic E-state index is 9.25. The fourth-order valence-corrected chi connectivity index (χ4v) is 0.961. The Morgan fingerprint density at radius 2 is 2.30 bits per heavy atom. The monoisotopic (exact) mass is 146 g/mol. The first-order valence-electron chi connectivity index (χ1n) is 3.73. The summed E-state index contributed by atoms with van der Waals surface area (Å²) in [5.41, 5.74) is 0. The Labute approximate surface area is 60.9 Å². The first-order valence-corrected chi connectivity index (χ1v) is 3.73. The molecule has 1 aliphatic heterocycles. The summed E-state index contributed by atoms with van der Waals surface area (Å²) in [5, 5.41) is 9.25. The standard InChI is InChI=1S/C7H14O3/c1-3-4-5-6-7(2,8)10-9-6/h6,8H,3-5H2,1-2H3. The summed E-state index contributed by atoms with van der Waals surface area (Å²) in [4.78, 5) is 9.18. The van der Waals surface area contributed by atoms with Gasteiger partial charge in [0.15, 0.2) is 0 Å². The molecule has 0 spiro atoms. The molecule has 0 aromatic rings. The summed E-state index contributed by atoms with van der Waals surface area (Å²) >= 11 is 0. The number of hydrogen-bond acceptors (Lipinski definition) is 3. The minimum Gasteiger partial charge on any atom is -0.361 e. The molecule has 0 aliphatic carbocycles. The highest BCUT2D eigenvalue weighted by molar-refractivity contribution is 4.76. The Kier molecular flexibility index (Phi) is 2.28. The predicted molar refractivity (Wildman–Crippen MR) is 36.1 cm³/mol. The fourth-order valence-electron chi connectivity index (χ4n) is 0.961. The van der Waals surface area contributed by atoms with Crippen molar-refractivity contribution in [3.05, 3.63) is 0 Å². The summed E-state index contributed by atoms with van der Waals surface area (Å²) in [5.74, 6) is -1.03. The molecule has 2 unspecified atom stereocenters. The lowest BCUT2D eigenvalue weighted by molar-refractivity contribution is -0.560. The SMILES string of the molecule is CCCCC1OOC1(C)O. The molecule has 0 amide bonds. The fraction of sp³-hybridized carbons (Fsp3) is 1.00. The molecule has 0 radical (unpaired) electrons. The zero-order valence-corrected chi connectivity index (χ0v) is 6.46. The first kappa shape index (κ1) is 7.98. The molecule has 3 nitrogen and oxygen atoms in total. The lowest BCUT2D eigenvalue weighted by Gasteiger charge is -2.39. The molecule has 1 N–H and O–H groups in total. The molecule has 0 saturated carbocycles. The minimum atomic E-state index is -1.03. The molecule has 1 saturated heterocycles. The van der Waals surface area contributed by atoms with E-state index in [0.29, 0.717) is 0 Å². The molecule has 1 rings (SSSR count). The quantitative estimate of drug-likeness (QED) is 0.608. The highest BCUT2D eigenvalue weighted by atomic mass is 17.3. The van der Waals surface area contributed by atoms with E-state index in [2.05, 4.69) is 11.8 Å². The second kappa shape index (κ2) is 2.86. The second-order valence-electron chi connectivity index (χ2n) is 2.87. The Hall–Kier alpha value is -0.120.